The van der Waals surface area contributed by atoms with Gasteiger partial charge in [-0.15, -0.1) is 6.58 Å². The van der Waals surface area contributed by atoms with Gasteiger partial charge in [-0.05, 0) is 38.8 Å². The molecular formula is C43H82O13. The Balaban J connectivity index is -0.000000275. The van der Waals surface area contributed by atoms with E-state index in [2.05, 4.69) is 74.5 Å². The number of ether oxygens (including phenoxy) is 13. The molecule has 332 valence electrons. The van der Waals surface area contributed by atoms with E-state index in [0.717, 1.165) is 78.2 Å². The molecule has 5 heterocycles. The van der Waals surface area contributed by atoms with Crippen LogP contribution in [0, 0.1) is 10.8 Å². The summed E-state index contributed by atoms with van der Waals surface area (Å²) < 4.78 is 62.5. The standard InChI is InChI=1S/C7H14O2.C6H12O2.C6H10O.C5H10O2.C5H8O.C4H8O2.C4H8O.2C3H6O/c1-3-7(4-8-2)5-9-6-7;1-6(3-7-2)4-8-5-6;1-5(2)6(3)7-4;1-5(3-6-2)4-7-5;1-4-5(2)6-3;1-5-2-4-3-6-4;1-3-4-5-2;1-3-2-4-3;1-3-4-2/h3-6H2,1-2H3;3-5H2,1-2H3;1,3H2,2,4H3;3-4H2,1-2H3;4H,1-2H2,3H3;4H,2-3H2,1H3;3H,1,4H2,2H3;3H,2H2,1H3;3H,1H2,2H3. The molecule has 3 unspecified atom stereocenters. The average molecular weight is 807 g/mol. The van der Waals surface area contributed by atoms with Crippen LogP contribution in [-0.4, -0.2) is 154 Å². The van der Waals surface area contributed by atoms with Gasteiger partial charge in [-0.25, -0.2) is 0 Å². The molecule has 13 nitrogen and oxygen atoms in total. The number of rotatable bonds is 16. The molecule has 5 fully saturated rings. The summed E-state index contributed by atoms with van der Waals surface area (Å²) in [5.74, 6) is 1.26. The average Bonchev–Trinajstić information content (AvgIpc) is 4.08. The highest BCUT2D eigenvalue weighted by Gasteiger charge is 2.39. The quantitative estimate of drug-likeness (QED) is 0.0674. The summed E-state index contributed by atoms with van der Waals surface area (Å²) in [6.45, 7) is 41.1. The number of epoxide rings is 3. The van der Waals surface area contributed by atoms with Gasteiger partial charge in [-0.2, -0.15) is 0 Å². The summed E-state index contributed by atoms with van der Waals surface area (Å²) in [7, 11) is 13.2. The van der Waals surface area contributed by atoms with Crippen molar-refractivity contribution in [1.29, 1.82) is 0 Å². The van der Waals surface area contributed by atoms with E-state index in [-0.39, 0.29) is 5.60 Å². The van der Waals surface area contributed by atoms with Crippen molar-refractivity contribution in [1.82, 2.24) is 0 Å². The van der Waals surface area contributed by atoms with Crippen LogP contribution in [0.25, 0.3) is 0 Å². The molecule has 0 saturated carbocycles. The Morgan fingerprint density at radius 2 is 1.20 bits per heavy atom. The van der Waals surface area contributed by atoms with Crippen molar-refractivity contribution in [2.75, 3.05) is 136 Å². The van der Waals surface area contributed by atoms with Gasteiger partial charge < -0.3 is 61.6 Å². The molecule has 0 N–H and O–H groups in total. The predicted octanol–water partition coefficient (Wildman–Crippen LogP) is 7.24. The fraction of sp³-hybridized carbons (Fsp3) is 0.721. The van der Waals surface area contributed by atoms with Gasteiger partial charge in [0, 0.05) is 46.4 Å². The molecule has 0 aromatic rings. The van der Waals surface area contributed by atoms with Crippen molar-refractivity contribution in [3.8, 4) is 0 Å². The Hall–Kier alpha value is -2.56. The van der Waals surface area contributed by atoms with E-state index in [1.54, 1.807) is 69.0 Å². The molecule has 13 heteroatoms. The molecule has 56 heavy (non-hydrogen) atoms. The van der Waals surface area contributed by atoms with Crippen LogP contribution in [0.1, 0.15) is 41.0 Å². The number of allylic oxidation sites excluding steroid dienone is 2. The highest BCUT2D eigenvalue weighted by Crippen LogP contribution is 2.31. The van der Waals surface area contributed by atoms with Crippen LogP contribution in [0.15, 0.2) is 75.0 Å². The maximum absolute atomic E-state index is 5.10. The largest absolute Gasteiger partial charge is 0.505 e. The van der Waals surface area contributed by atoms with Gasteiger partial charge >= 0.3 is 0 Å². The Bertz CT molecular complexity index is 959. The van der Waals surface area contributed by atoms with E-state index in [1.165, 1.54) is 12.7 Å². The lowest BCUT2D eigenvalue weighted by atomic mass is 9.84. The van der Waals surface area contributed by atoms with Crippen LogP contribution in [0.2, 0.25) is 0 Å². The second kappa shape index (κ2) is 39.3. The summed E-state index contributed by atoms with van der Waals surface area (Å²) in [6, 6.07) is 0. The molecule has 0 aromatic heterocycles. The molecule has 5 saturated heterocycles. The first-order valence-corrected chi connectivity index (χ1v) is 18.5. The zero-order valence-corrected chi connectivity index (χ0v) is 37.6. The third kappa shape index (κ3) is 42.6. The second-order valence-corrected chi connectivity index (χ2v) is 13.7. The Morgan fingerprint density at radius 1 is 0.714 bits per heavy atom. The number of hydrogen-bond acceptors (Lipinski definition) is 13. The SMILES string of the molecule is C=C(C)C(=C)OC.C=CC(=C)OC.C=CCOC.C=COC.CC1CO1.CCC1(COC)COC1.COCC1(C)CO1.COCC1(C)COC1.COCC1CO1. The summed E-state index contributed by atoms with van der Waals surface area (Å²) >= 11 is 0. The first-order chi connectivity index (χ1) is 26.5. The molecule has 5 aliphatic heterocycles. The van der Waals surface area contributed by atoms with Gasteiger partial charge in [-0.3, -0.25) is 0 Å². The highest BCUT2D eigenvalue weighted by molar-refractivity contribution is 5.15. The molecule has 0 amide bonds. The molecule has 0 radical (unpaired) electrons. The van der Waals surface area contributed by atoms with Gasteiger partial charge in [0.2, 0.25) is 0 Å². The number of hydrogen-bond donors (Lipinski definition) is 0. The second-order valence-electron chi connectivity index (χ2n) is 13.7. The van der Waals surface area contributed by atoms with Crippen LogP contribution < -0.4 is 0 Å². The van der Waals surface area contributed by atoms with Gasteiger partial charge in [0.15, 0.2) is 0 Å². The van der Waals surface area contributed by atoms with E-state index in [1.807, 2.05) is 13.8 Å². The lowest BCUT2D eigenvalue weighted by Crippen LogP contribution is -2.45. The molecular weight excluding hydrogens is 724 g/mol. The third-order valence-corrected chi connectivity index (χ3v) is 7.42. The summed E-state index contributed by atoms with van der Waals surface area (Å²) in [5, 5.41) is 0. The first-order valence-electron chi connectivity index (χ1n) is 18.5. The monoisotopic (exact) mass is 807 g/mol. The predicted molar refractivity (Wildman–Crippen MR) is 226 cm³/mol. The smallest absolute Gasteiger partial charge is 0.114 e. The van der Waals surface area contributed by atoms with Crippen LogP contribution >= 0.6 is 0 Å². The Labute approximate surface area is 341 Å². The van der Waals surface area contributed by atoms with Crippen molar-refractivity contribution in [3.05, 3.63) is 75.0 Å². The topological polar surface area (TPSA) is 130 Å². The maximum Gasteiger partial charge on any atom is 0.114 e. The van der Waals surface area contributed by atoms with Gasteiger partial charge in [0.1, 0.15) is 23.2 Å². The minimum Gasteiger partial charge on any atom is -0.505 e. The lowest BCUT2D eigenvalue weighted by molar-refractivity contribution is -0.144. The van der Waals surface area contributed by atoms with Crippen molar-refractivity contribution in [3.63, 3.8) is 0 Å². The molecule has 0 aliphatic carbocycles. The Morgan fingerprint density at radius 3 is 1.27 bits per heavy atom. The maximum atomic E-state index is 5.10. The van der Waals surface area contributed by atoms with Gasteiger partial charge in [0.25, 0.3) is 0 Å². The summed E-state index contributed by atoms with van der Waals surface area (Å²) in [5.41, 5.74) is 1.65. The molecule has 0 aromatic carbocycles. The van der Waals surface area contributed by atoms with Crippen molar-refractivity contribution in [2.24, 2.45) is 10.8 Å². The minimum atomic E-state index is 0.0781. The van der Waals surface area contributed by atoms with E-state index in [9.17, 15) is 0 Å². The van der Waals surface area contributed by atoms with Crippen LogP contribution in [0.4, 0.5) is 0 Å². The normalized spacial score (nSPS) is 20.9. The van der Waals surface area contributed by atoms with Crippen LogP contribution in [0.3, 0.4) is 0 Å². The lowest BCUT2D eigenvalue weighted by Gasteiger charge is -2.39. The fourth-order valence-corrected chi connectivity index (χ4v) is 3.30. The number of methoxy groups -OCH3 is 8. The van der Waals surface area contributed by atoms with E-state index in [4.69, 9.17) is 47.4 Å². The summed E-state index contributed by atoms with van der Waals surface area (Å²) in [6.07, 6.45) is 6.82. The molecule has 0 spiro atoms. The van der Waals surface area contributed by atoms with E-state index >= 15 is 0 Å². The van der Waals surface area contributed by atoms with Gasteiger partial charge in [0.05, 0.1) is 113 Å². The van der Waals surface area contributed by atoms with Crippen molar-refractivity contribution < 1.29 is 61.6 Å². The summed E-state index contributed by atoms with van der Waals surface area (Å²) in [4.78, 5) is 0. The highest BCUT2D eigenvalue weighted by atomic mass is 16.6. The molecule has 5 rings (SSSR count). The molecule has 3 atom stereocenters. The zero-order chi connectivity index (χ0) is 43.9. The zero-order valence-electron chi connectivity index (χ0n) is 37.6. The van der Waals surface area contributed by atoms with E-state index < -0.39 is 0 Å². The fourth-order valence-electron chi connectivity index (χ4n) is 3.30. The van der Waals surface area contributed by atoms with E-state index in [0.29, 0.717) is 41.2 Å². The minimum absolute atomic E-state index is 0.0781. The molecule has 0 bridgehead atoms. The Kier molecular flexibility index (Phi) is 42.2. The van der Waals surface area contributed by atoms with Crippen LogP contribution in [0.5, 0.6) is 0 Å². The molecule has 5 aliphatic rings. The van der Waals surface area contributed by atoms with Crippen LogP contribution in [-0.2, 0) is 61.6 Å². The van der Waals surface area contributed by atoms with Gasteiger partial charge in [-0.1, -0.05) is 52.8 Å². The van der Waals surface area contributed by atoms with Crippen molar-refractivity contribution in [2.45, 2.75) is 58.8 Å². The first kappa shape index (κ1) is 60.1. The third-order valence-electron chi connectivity index (χ3n) is 7.42. The van der Waals surface area contributed by atoms with Crippen molar-refractivity contribution >= 4 is 0 Å².